The van der Waals surface area contributed by atoms with Gasteiger partial charge in [0, 0.05) is 31.0 Å². The third-order valence-corrected chi connectivity index (χ3v) is 4.32. The van der Waals surface area contributed by atoms with Crippen LogP contribution >= 0.6 is 12.2 Å². The van der Waals surface area contributed by atoms with E-state index in [1.54, 1.807) is 0 Å². The van der Waals surface area contributed by atoms with Crippen LogP contribution in [0, 0.1) is 10.7 Å². The summed E-state index contributed by atoms with van der Waals surface area (Å²) in [5.41, 5.74) is 1.34. The third kappa shape index (κ3) is 2.86. The molecule has 3 nitrogen and oxygen atoms in total. The van der Waals surface area contributed by atoms with Gasteiger partial charge in [0.05, 0.1) is 0 Å². The van der Waals surface area contributed by atoms with Crippen molar-refractivity contribution in [3.63, 3.8) is 0 Å². The number of imidazole rings is 1. The summed E-state index contributed by atoms with van der Waals surface area (Å²) in [5.74, 6) is 1.27. The van der Waals surface area contributed by atoms with Crippen molar-refractivity contribution in [2.45, 2.75) is 52.6 Å². The molecule has 0 amide bonds. The van der Waals surface area contributed by atoms with Crippen LogP contribution in [-0.2, 0) is 6.54 Å². The molecule has 2 rings (SSSR count). The van der Waals surface area contributed by atoms with Gasteiger partial charge in [-0.2, -0.15) is 0 Å². The molecule has 0 aliphatic carbocycles. The zero-order valence-corrected chi connectivity index (χ0v) is 12.8. The lowest BCUT2D eigenvalue weighted by atomic mass is 10.1. The van der Waals surface area contributed by atoms with Crippen molar-refractivity contribution in [2.75, 3.05) is 13.1 Å². The van der Waals surface area contributed by atoms with E-state index in [1.165, 1.54) is 25.2 Å². The second-order valence-electron chi connectivity index (χ2n) is 6.03. The van der Waals surface area contributed by atoms with Crippen molar-refractivity contribution in [3.05, 3.63) is 16.7 Å². The SMILES string of the molecule is CC(C)c1c[nH]c(=S)n1CC1CCN(C(C)C)C1. The average molecular weight is 267 g/mol. The van der Waals surface area contributed by atoms with E-state index in [0.717, 1.165) is 17.2 Å². The van der Waals surface area contributed by atoms with Crippen LogP contribution in [0.15, 0.2) is 6.20 Å². The number of aromatic nitrogens is 2. The Hall–Kier alpha value is -0.610. The summed E-state index contributed by atoms with van der Waals surface area (Å²) in [6.07, 6.45) is 3.37. The minimum absolute atomic E-state index is 0.528. The maximum atomic E-state index is 5.40. The summed E-state index contributed by atoms with van der Waals surface area (Å²) < 4.78 is 3.18. The molecule has 1 aromatic heterocycles. The maximum Gasteiger partial charge on any atom is 0.177 e. The molecular formula is C14H25N3S. The molecule has 4 heteroatoms. The van der Waals surface area contributed by atoms with Gasteiger partial charge in [-0.15, -0.1) is 0 Å². The van der Waals surface area contributed by atoms with Gasteiger partial charge in [0.15, 0.2) is 4.77 Å². The fourth-order valence-electron chi connectivity index (χ4n) is 2.81. The molecule has 0 spiro atoms. The standard InChI is InChI=1S/C14H25N3S/c1-10(2)13-7-15-14(18)17(13)9-12-5-6-16(8-12)11(3)4/h7,10-12H,5-6,8-9H2,1-4H3,(H,15,18). The second kappa shape index (κ2) is 5.57. The Balaban J connectivity index is 2.07. The summed E-state index contributed by atoms with van der Waals surface area (Å²) >= 11 is 5.40. The Labute approximate surface area is 115 Å². The number of hydrogen-bond donors (Lipinski definition) is 1. The topological polar surface area (TPSA) is 24.0 Å². The number of nitrogens with one attached hydrogen (secondary N) is 1. The zero-order valence-electron chi connectivity index (χ0n) is 11.9. The third-order valence-electron chi connectivity index (χ3n) is 3.98. The highest BCUT2D eigenvalue weighted by atomic mass is 32.1. The summed E-state index contributed by atoms with van der Waals surface area (Å²) in [5, 5.41) is 0. The predicted molar refractivity (Wildman–Crippen MR) is 78.5 cm³/mol. The molecule has 0 bridgehead atoms. The molecule has 0 radical (unpaired) electrons. The van der Waals surface area contributed by atoms with Crippen LogP contribution in [0.5, 0.6) is 0 Å². The van der Waals surface area contributed by atoms with Crippen LogP contribution in [0.4, 0.5) is 0 Å². The van der Waals surface area contributed by atoms with E-state index in [-0.39, 0.29) is 0 Å². The lowest BCUT2D eigenvalue weighted by Crippen LogP contribution is -2.29. The highest BCUT2D eigenvalue weighted by Crippen LogP contribution is 2.23. The van der Waals surface area contributed by atoms with Gasteiger partial charge in [-0.1, -0.05) is 13.8 Å². The molecule has 1 fully saturated rings. The van der Waals surface area contributed by atoms with Gasteiger partial charge in [-0.3, -0.25) is 0 Å². The maximum absolute atomic E-state index is 5.40. The molecule has 1 atom stereocenters. The first-order chi connectivity index (χ1) is 8.49. The number of aromatic amines is 1. The molecule has 1 aliphatic rings. The number of likely N-dealkylation sites (tertiary alicyclic amines) is 1. The molecule has 1 N–H and O–H groups in total. The minimum atomic E-state index is 0.528. The van der Waals surface area contributed by atoms with E-state index in [9.17, 15) is 0 Å². The number of nitrogens with zero attached hydrogens (tertiary/aromatic N) is 2. The van der Waals surface area contributed by atoms with Crippen molar-refractivity contribution >= 4 is 12.2 Å². The molecule has 2 heterocycles. The highest BCUT2D eigenvalue weighted by molar-refractivity contribution is 7.71. The summed E-state index contributed by atoms with van der Waals surface area (Å²) in [6, 6.07) is 0.666. The molecule has 0 aromatic carbocycles. The van der Waals surface area contributed by atoms with Gasteiger partial charge >= 0.3 is 0 Å². The summed E-state index contributed by atoms with van der Waals surface area (Å²) in [7, 11) is 0. The van der Waals surface area contributed by atoms with E-state index in [1.807, 2.05) is 0 Å². The molecule has 1 aliphatic heterocycles. The lowest BCUT2D eigenvalue weighted by molar-refractivity contribution is 0.260. The van der Waals surface area contributed by atoms with Crippen molar-refractivity contribution in [2.24, 2.45) is 5.92 Å². The van der Waals surface area contributed by atoms with Gasteiger partial charge in [-0.25, -0.2) is 0 Å². The van der Waals surface area contributed by atoms with Crippen LogP contribution in [0.2, 0.25) is 0 Å². The Morgan fingerprint density at radius 3 is 2.67 bits per heavy atom. The van der Waals surface area contributed by atoms with E-state index >= 15 is 0 Å². The molecule has 1 unspecified atom stereocenters. The first kappa shape index (κ1) is 13.8. The normalized spacial score (nSPS) is 21.3. The fraction of sp³-hybridized carbons (Fsp3) is 0.786. The van der Waals surface area contributed by atoms with E-state index in [4.69, 9.17) is 12.2 Å². The first-order valence-corrected chi connectivity index (χ1v) is 7.42. The van der Waals surface area contributed by atoms with Crippen molar-refractivity contribution in [1.29, 1.82) is 0 Å². The van der Waals surface area contributed by atoms with E-state index < -0.39 is 0 Å². The molecule has 1 aromatic rings. The largest absolute Gasteiger partial charge is 0.337 e. The smallest absolute Gasteiger partial charge is 0.177 e. The van der Waals surface area contributed by atoms with Crippen molar-refractivity contribution < 1.29 is 0 Å². The Morgan fingerprint density at radius 1 is 1.39 bits per heavy atom. The summed E-state index contributed by atoms with van der Waals surface area (Å²) in [4.78, 5) is 5.76. The molecule has 18 heavy (non-hydrogen) atoms. The fourth-order valence-corrected chi connectivity index (χ4v) is 3.05. The monoisotopic (exact) mass is 267 g/mol. The predicted octanol–water partition coefficient (Wildman–Crippen LogP) is 3.40. The molecular weight excluding hydrogens is 242 g/mol. The van der Waals surface area contributed by atoms with Crippen molar-refractivity contribution in [3.8, 4) is 0 Å². The van der Waals surface area contributed by atoms with Gasteiger partial charge in [0.25, 0.3) is 0 Å². The Bertz CT molecular complexity index is 444. The van der Waals surface area contributed by atoms with Gasteiger partial charge in [0.1, 0.15) is 0 Å². The van der Waals surface area contributed by atoms with Crippen LogP contribution < -0.4 is 0 Å². The first-order valence-electron chi connectivity index (χ1n) is 7.01. The number of rotatable bonds is 4. The lowest BCUT2D eigenvalue weighted by Gasteiger charge is -2.21. The van der Waals surface area contributed by atoms with E-state index in [0.29, 0.717) is 12.0 Å². The van der Waals surface area contributed by atoms with E-state index in [2.05, 4.69) is 48.3 Å². The highest BCUT2D eigenvalue weighted by Gasteiger charge is 2.25. The van der Waals surface area contributed by atoms with Gasteiger partial charge < -0.3 is 14.5 Å². The Morgan fingerprint density at radius 2 is 2.11 bits per heavy atom. The second-order valence-corrected chi connectivity index (χ2v) is 6.41. The Kier molecular flexibility index (Phi) is 4.28. The van der Waals surface area contributed by atoms with Crippen LogP contribution in [-0.4, -0.2) is 33.6 Å². The van der Waals surface area contributed by atoms with Gasteiger partial charge in [0.2, 0.25) is 0 Å². The number of H-pyrrole nitrogens is 1. The average Bonchev–Trinajstić information content (AvgIpc) is 2.88. The van der Waals surface area contributed by atoms with Crippen molar-refractivity contribution in [1.82, 2.24) is 14.5 Å². The molecule has 0 saturated carbocycles. The molecule has 1 saturated heterocycles. The summed E-state index contributed by atoms with van der Waals surface area (Å²) in [6.45, 7) is 12.5. The zero-order chi connectivity index (χ0) is 13.3. The quantitative estimate of drug-likeness (QED) is 0.845. The van der Waals surface area contributed by atoms with Crippen LogP contribution in [0.25, 0.3) is 0 Å². The van der Waals surface area contributed by atoms with Gasteiger partial charge in [-0.05, 0) is 50.9 Å². The number of hydrogen-bond acceptors (Lipinski definition) is 2. The molecule has 102 valence electrons. The van der Waals surface area contributed by atoms with Crippen LogP contribution in [0.1, 0.15) is 45.7 Å². The minimum Gasteiger partial charge on any atom is -0.337 e. The van der Waals surface area contributed by atoms with Crippen LogP contribution in [0.3, 0.4) is 0 Å².